The van der Waals surface area contributed by atoms with E-state index in [0.717, 1.165) is 71.0 Å². The van der Waals surface area contributed by atoms with Crippen LogP contribution in [-0.4, -0.2) is 54.3 Å². The smallest absolute Gasteiger partial charge is 0.258 e. The summed E-state index contributed by atoms with van der Waals surface area (Å²) in [5.41, 5.74) is 11.8. The van der Waals surface area contributed by atoms with Crippen LogP contribution in [0.15, 0.2) is 54.3 Å². The number of thiophene rings is 1. The number of morpholine rings is 1. The number of amides is 1. The van der Waals surface area contributed by atoms with Gasteiger partial charge in [-0.15, -0.1) is 11.3 Å². The summed E-state index contributed by atoms with van der Waals surface area (Å²) in [6.07, 6.45) is 3.75. The van der Waals surface area contributed by atoms with E-state index in [9.17, 15) is 4.79 Å². The van der Waals surface area contributed by atoms with Crippen molar-refractivity contribution in [2.75, 3.05) is 49.4 Å². The number of fused-ring (bicyclic) bond motifs is 2. The Labute approximate surface area is 229 Å². The third kappa shape index (κ3) is 4.73. The number of carbonyl (C=O) groups excluding carboxylic acids is 1. The van der Waals surface area contributed by atoms with Gasteiger partial charge < -0.3 is 25.4 Å². The Morgan fingerprint density at radius 3 is 2.79 bits per heavy atom. The van der Waals surface area contributed by atoms with Crippen LogP contribution in [0.1, 0.15) is 27.2 Å². The second-order valence-electron chi connectivity index (χ2n) is 9.42. The number of aryl methyl sites for hydroxylation is 1. The number of nitrogens with two attached hydrogens (primary N) is 1. The average Bonchev–Trinajstić information content (AvgIpc) is 3.41. The van der Waals surface area contributed by atoms with Crippen LogP contribution in [0.2, 0.25) is 0 Å². The number of nitrogens with one attached hydrogen (secondary N) is 1. The van der Waals surface area contributed by atoms with Crippen molar-refractivity contribution in [3.05, 3.63) is 76.7 Å². The van der Waals surface area contributed by atoms with E-state index >= 15 is 0 Å². The quantitative estimate of drug-likeness (QED) is 0.315. The lowest BCUT2D eigenvalue weighted by Gasteiger charge is -2.29. The molecule has 9 nitrogen and oxygen atoms in total. The molecule has 6 rings (SSSR count). The maximum Gasteiger partial charge on any atom is 0.258 e. The predicted molar refractivity (Wildman–Crippen MR) is 155 cm³/mol. The molecule has 3 aromatic heterocycles. The highest BCUT2D eigenvalue weighted by atomic mass is 32.1. The lowest BCUT2D eigenvalue weighted by Crippen LogP contribution is -2.36. The normalized spacial score (nSPS) is 13.6. The van der Waals surface area contributed by atoms with Crippen molar-refractivity contribution in [2.45, 2.75) is 13.3 Å². The predicted octanol–water partition coefficient (Wildman–Crippen LogP) is 4.82. The van der Waals surface area contributed by atoms with Gasteiger partial charge in [-0.3, -0.25) is 9.78 Å². The number of hydrogen-bond acceptors (Lipinski definition) is 9. The summed E-state index contributed by atoms with van der Waals surface area (Å²) in [5.74, 6) is 0.951. The Balaban J connectivity index is 1.32. The van der Waals surface area contributed by atoms with E-state index in [0.29, 0.717) is 28.0 Å². The number of pyridine rings is 1. The summed E-state index contributed by atoms with van der Waals surface area (Å²) >= 11 is 1.36. The molecule has 5 aromatic rings. The van der Waals surface area contributed by atoms with Crippen LogP contribution in [0.3, 0.4) is 0 Å². The number of carbonyl (C=O) groups is 1. The Bertz CT molecular complexity index is 1700. The number of anilines is 3. The number of rotatable bonds is 6. The minimum absolute atomic E-state index is 0.242. The molecule has 1 aliphatic rings. The Hall–Kier alpha value is -4.28. The first-order valence-electron chi connectivity index (χ1n) is 12.7. The monoisotopic (exact) mass is 540 g/mol. The van der Waals surface area contributed by atoms with Crippen molar-refractivity contribution in [3.63, 3.8) is 0 Å². The van der Waals surface area contributed by atoms with Crippen molar-refractivity contribution in [1.82, 2.24) is 15.0 Å². The lowest BCUT2D eigenvalue weighted by molar-refractivity contribution is 0.102. The summed E-state index contributed by atoms with van der Waals surface area (Å²) in [4.78, 5) is 28.7. The van der Waals surface area contributed by atoms with Crippen LogP contribution in [-0.2, 0) is 11.2 Å². The molecule has 2 aromatic carbocycles. The van der Waals surface area contributed by atoms with E-state index in [1.54, 1.807) is 18.7 Å². The van der Waals surface area contributed by atoms with E-state index < -0.39 is 0 Å². The van der Waals surface area contributed by atoms with Gasteiger partial charge >= 0.3 is 0 Å². The Morgan fingerprint density at radius 1 is 1.13 bits per heavy atom. The van der Waals surface area contributed by atoms with Crippen LogP contribution in [0.25, 0.3) is 21.0 Å². The summed E-state index contributed by atoms with van der Waals surface area (Å²) in [5, 5.41) is 6.79. The van der Waals surface area contributed by atoms with E-state index in [-0.39, 0.29) is 5.91 Å². The molecule has 0 radical (unpaired) electrons. The largest absolute Gasteiger partial charge is 0.496 e. The molecule has 1 amide bonds. The van der Waals surface area contributed by atoms with Crippen molar-refractivity contribution in [1.29, 1.82) is 0 Å². The number of aromatic nitrogens is 3. The zero-order chi connectivity index (χ0) is 26.9. The third-order valence-corrected chi connectivity index (χ3v) is 8.10. The van der Waals surface area contributed by atoms with Gasteiger partial charge in [0.2, 0.25) is 0 Å². The van der Waals surface area contributed by atoms with Gasteiger partial charge in [0.05, 0.1) is 47.5 Å². The maximum absolute atomic E-state index is 13.4. The molecule has 1 fully saturated rings. The van der Waals surface area contributed by atoms with Gasteiger partial charge in [-0.25, -0.2) is 9.97 Å². The molecule has 0 aliphatic carbocycles. The molecule has 0 spiro atoms. The first kappa shape index (κ1) is 25.0. The summed E-state index contributed by atoms with van der Waals surface area (Å²) < 4.78 is 12.0. The zero-order valence-electron chi connectivity index (χ0n) is 21.7. The molecule has 0 saturated carbocycles. The van der Waals surface area contributed by atoms with E-state index in [1.807, 2.05) is 19.1 Å². The van der Waals surface area contributed by atoms with Crippen LogP contribution >= 0.6 is 11.3 Å². The van der Waals surface area contributed by atoms with Gasteiger partial charge in [-0.2, -0.15) is 0 Å². The molecule has 0 bridgehead atoms. The average molecular weight is 541 g/mol. The SMILES string of the molecule is COc1cc(N2CCOCC2)ccc1Cc1nccc2c(NC(=O)c3csc4c(N)ncnc34)c(C)ccc12. The molecule has 0 atom stereocenters. The second kappa shape index (κ2) is 10.5. The van der Waals surface area contributed by atoms with E-state index in [4.69, 9.17) is 20.2 Å². The topological polar surface area (TPSA) is 115 Å². The Kier molecular flexibility index (Phi) is 6.72. The molecule has 1 aliphatic heterocycles. The Morgan fingerprint density at radius 2 is 1.97 bits per heavy atom. The number of nitrogen functional groups attached to an aromatic ring is 1. The summed E-state index contributed by atoms with van der Waals surface area (Å²) in [6, 6.07) is 12.3. The number of benzene rings is 2. The second-order valence-corrected chi connectivity index (χ2v) is 10.3. The van der Waals surface area contributed by atoms with Gasteiger partial charge in [-0.1, -0.05) is 18.2 Å². The maximum atomic E-state index is 13.4. The van der Waals surface area contributed by atoms with Crippen molar-refractivity contribution >= 4 is 55.4 Å². The van der Waals surface area contributed by atoms with Gasteiger partial charge in [0.15, 0.2) is 0 Å². The minimum Gasteiger partial charge on any atom is -0.496 e. The summed E-state index contributed by atoms with van der Waals surface area (Å²) in [6.45, 7) is 5.17. The fraction of sp³-hybridized carbons (Fsp3) is 0.241. The van der Waals surface area contributed by atoms with Crippen molar-refractivity contribution in [2.24, 2.45) is 0 Å². The van der Waals surface area contributed by atoms with E-state index in [1.165, 1.54) is 17.7 Å². The van der Waals surface area contributed by atoms with E-state index in [2.05, 4.69) is 44.5 Å². The van der Waals surface area contributed by atoms with Crippen LogP contribution < -0.4 is 20.7 Å². The van der Waals surface area contributed by atoms with Gasteiger partial charge in [0.1, 0.15) is 17.9 Å². The number of hydrogen-bond donors (Lipinski definition) is 2. The fourth-order valence-electron chi connectivity index (χ4n) is 5.02. The third-order valence-electron chi connectivity index (χ3n) is 7.11. The molecular weight excluding hydrogens is 512 g/mol. The van der Waals surface area contributed by atoms with Gasteiger partial charge in [-0.05, 0) is 24.6 Å². The van der Waals surface area contributed by atoms with Crippen LogP contribution in [0.4, 0.5) is 17.2 Å². The number of methoxy groups -OCH3 is 1. The highest BCUT2D eigenvalue weighted by molar-refractivity contribution is 7.18. The van der Waals surface area contributed by atoms with Gasteiger partial charge in [0.25, 0.3) is 5.91 Å². The van der Waals surface area contributed by atoms with Crippen LogP contribution in [0, 0.1) is 6.92 Å². The summed E-state index contributed by atoms with van der Waals surface area (Å²) in [7, 11) is 1.70. The lowest BCUT2D eigenvalue weighted by atomic mass is 9.99. The first-order valence-corrected chi connectivity index (χ1v) is 13.6. The van der Waals surface area contributed by atoms with Crippen LogP contribution in [0.5, 0.6) is 5.75 Å². The minimum atomic E-state index is -0.242. The zero-order valence-corrected chi connectivity index (χ0v) is 22.5. The number of ether oxygens (including phenoxy) is 2. The molecule has 1 saturated heterocycles. The molecule has 3 N–H and O–H groups in total. The molecule has 10 heteroatoms. The molecular formula is C29H28N6O3S. The first-order chi connectivity index (χ1) is 19.0. The molecule has 39 heavy (non-hydrogen) atoms. The highest BCUT2D eigenvalue weighted by Crippen LogP contribution is 2.34. The highest BCUT2D eigenvalue weighted by Gasteiger charge is 2.19. The van der Waals surface area contributed by atoms with Crippen molar-refractivity contribution in [3.8, 4) is 5.75 Å². The van der Waals surface area contributed by atoms with Crippen molar-refractivity contribution < 1.29 is 14.3 Å². The molecule has 198 valence electrons. The molecule has 4 heterocycles. The fourth-order valence-corrected chi connectivity index (χ4v) is 5.92. The molecule has 0 unspecified atom stereocenters. The number of nitrogens with zero attached hydrogens (tertiary/aromatic N) is 4. The van der Waals surface area contributed by atoms with Gasteiger partial charge in [0, 0.05) is 59.2 Å². The standard InChI is InChI=1S/C29H28N6O3S/c1-17-3-6-20-21(25(17)34-29(36)22-15-39-27-26(22)32-16-33-28(27)30)7-8-31-23(20)13-18-4-5-19(14-24(18)37-2)35-9-11-38-12-10-35/h3-8,14-16H,9-13H2,1-2H3,(H,34,36)(H2,30,32,33).